The zero-order chi connectivity index (χ0) is 26.9. The number of ether oxygens (including phenoxy) is 2. The molecule has 8 nitrogen and oxygen atoms in total. The van der Waals surface area contributed by atoms with Gasteiger partial charge in [0, 0.05) is 34.6 Å². The van der Waals surface area contributed by atoms with E-state index in [-0.39, 0.29) is 5.56 Å². The smallest absolute Gasteiger partial charge is 0.282 e. The summed E-state index contributed by atoms with van der Waals surface area (Å²) in [6, 6.07) is 18.7. The Morgan fingerprint density at radius 3 is 2.56 bits per heavy atom. The minimum absolute atomic E-state index is 0.302. The van der Waals surface area contributed by atoms with Crippen LogP contribution in [0, 0.1) is 0 Å². The highest BCUT2D eigenvalue weighted by Gasteiger charge is 2.20. The third-order valence-corrected chi connectivity index (χ3v) is 7.49. The van der Waals surface area contributed by atoms with E-state index in [1.54, 1.807) is 32.6 Å². The average molecular weight is 587 g/mol. The van der Waals surface area contributed by atoms with Crippen LogP contribution >= 0.6 is 15.9 Å². The first-order valence-electron chi connectivity index (χ1n) is 12.8. The number of para-hydroxylation sites is 1. The Kier molecular flexibility index (Phi) is 6.83. The monoisotopic (exact) mass is 586 g/mol. The van der Waals surface area contributed by atoms with Crippen molar-refractivity contribution in [3.8, 4) is 23.1 Å². The van der Waals surface area contributed by atoms with E-state index in [2.05, 4.69) is 25.9 Å². The molecule has 0 bridgehead atoms. The molecule has 3 aromatic carbocycles. The fourth-order valence-electron chi connectivity index (χ4n) is 5.02. The van der Waals surface area contributed by atoms with Crippen LogP contribution in [0.3, 0.4) is 0 Å². The lowest BCUT2D eigenvalue weighted by Gasteiger charge is -2.30. The van der Waals surface area contributed by atoms with Gasteiger partial charge in [-0.1, -0.05) is 28.1 Å². The van der Waals surface area contributed by atoms with Crippen LogP contribution in [0.1, 0.15) is 24.8 Å². The number of benzene rings is 3. The van der Waals surface area contributed by atoms with Crippen LogP contribution in [0.25, 0.3) is 33.5 Å². The molecule has 39 heavy (non-hydrogen) atoms. The number of hydrogen-bond acceptors (Lipinski definition) is 7. The van der Waals surface area contributed by atoms with E-state index in [1.807, 2.05) is 48.5 Å². The summed E-state index contributed by atoms with van der Waals surface area (Å²) in [6.07, 6.45) is 5.13. The van der Waals surface area contributed by atoms with Gasteiger partial charge in [0.2, 0.25) is 5.82 Å². The Balaban J connectivity index is 1.49. The van der Waals surface area contributed by atoms with Crippen molar-refractivity contribution in [1.82, 2.24) is 9.66 Å². The van der Waals surface area contributed by atoms with Crippen molar-refractivity contribution in [2.75, 3.05) is 32.2 Å². The maximum absolute atomic E-state index is 13.6. The molecular weight excluding hydrogens is 560 g/mol. The topological polar surface area (TPSA) is 82.1 Å². The lowest BCUT2D eigenvalue weighted by atomic mass is 10.1. The molecule has 2 aromatic heterocycles. The minimum atomic E-state index is -0.302. The van der Waals surface area contributed by atoms with Crippen LogP contribution in [0.2, 0.25) is 0 Å². The fourth-order valence-corrected chi connectivity index (χ4v) is 5.40. The quantitative estimate of drug-likeness (QED) is 0.212. The molecule has 9 heteroatoms. The zero-order valence-electron chi connectivity index (χ0n) is 21.7. The van der Waals surface area contributed by atoms with Gasteiger partial charge in [-0.25, -0.2) is 4.98 Å². The SMILES string of the molecule is COc1cc(N2CCCCC2)c(OC)cc1C=Nn1c(-c2cc3cc(Br)ccc3o2)nc2ccccc2c1=O. The Morgan fingerprint density at radius 1 is 0.974 bits per heavy atom. The van der Waals surface area contributed by atoms with E-state index in [0.29, 0.717) is 39.4 Å². The summed E-state index contributed by atoms with van der Waals surface area (Å²) in [5.74, 6) is 2.11. The number of hydrogen-bond donors (Lipinski definition) is 0. The van der Waals surface area contributed by atoms with Gasteiger partial charge in [0.1, 0.15) is 17.1 Å². The Hall–Kier alpha value is -4.11. The van der Waals surface area contributed by atoms with Gasteiger partial charge in [0.25, 0.3) is 5.56 Å². The Bertz CT molecular complexity index is 1770. The first kappa shape index (κ1) is 25.2. The fraction of sp³-hybridized carbons (Fsp3) is 0.233. The summed E-state index contributed by atoms with van der Waals surface area (Å²) in [5, 5.41) is 5.96. The molecule has 0 spiro atoms. The number of piperidine rings is 1. The van der Waals surface area contributed by atoms with Crippen molar-refractivity contribution in [3.05, 3.63) is 81.1 Å². The second-order valence-corrected chi connectivity index (χ2v) is 10.3. The van der Waals surface area contributed by atoms with Crippen LogP contribution in [0.4, 0.5) is 5.69 Å². The van der Waals surface area contributed by atoms with E-state index >= 15 is 0 Å². The van der Waals surface area contributed by atoms with E-state index in [1.165, 1.54) is 11.1 Å². The normalized spacial score (nSPS) is 14.0. The maximum Gasteiger partial charge on any atom is 0.282 e. The summed E-state index contributed by atoms with van der Waals surface area (Å²) < 4.78 is 19.8. The summed E-state index contributed by atoms with van der Waals surface area (Å²) in [4.78, 5) is 20.7. The molecule has 1 saturated heterocycles. The number of aromatic nitrogens is 2. The molecular formula is C30H27BrN4O4. The van der Waals surface area contributed by atoms with E-state index < -0.39 is 0 Å². The highest BCUT2D eigenvalue weighted by molar-refractivity contribution is 9.10. The molecule has 1 aliphatic heterocycles. The van der Waals surface area contributed by atoms with Crippen LogP contribution < -0.4 is 19.9 Å². The molecule has 0 saturated carbocycles. The molecule has 6 rings (SSSR count). The van der Waals surface area contributed by atoms with Gasteiger partial charge < -0.3 is 18.8 Å². The third-order valence-electron chi connectivity index (χ3n) is 6.99. The number of halogens is 1. The first-order valence-corrected chi connectivity index (χ1v) is 13.6. The van der Waals surface area contributed by atoms with Gasteiger partial charge in [0.15, 0.2) is 5.76 Å². The van der Waals surface area contributed by atoms with Crippen LogP contribution in [-0.4, -0.2) is 43.2 Å². The highest BCUT2D eigenvalue weighted by atomic mass is 79.9. The number of rotatable bonds is 6. The Labute approximate surface area is 233 Å². The van der Waals surface area contributed by atoms with Crippen molar-refractivity contribution in [1.29, 1.82) is 0 Å². The van der Waals surface area contributed by atoms with Gasteiger partial charge in [-0.15, -0.1) is 0 Å². The summed E-state index contributed by atoms with van der Waals surface area (Å²) in [5.41, 5.74) is 2.62. The highest BCUT2D eigenvalue weighted by Crippen LogP contribution is 2.36. The van der Waals surface area contributed by atoms with E-state index in [4.69, 9.17) is 18.9 Å². The predicted molar refractivity (Wildman–Crippen MR) is 158 cm³/mol. The van der Waals surface area contributed by atoms with Crippen molar-refractivity contribution in [3.63, 3.8) is 0 Å². The van der Waals surface area contributed by atoms with Crippen LogP contribution in [0.5, 0.6) is 11.5 Å². The zero-order valence-corrected chi connectivity index (χ0v) is 23.3. The molecule has 3 heterocycles. The number of anilines is 1. The first-order chi connectivity index (χ1) is 19.1. The molecule has 1 aliphatic rings. The molecule has 5 aromatic rings. The Morgan fingerprint density at radius 2 is 1.77 bits per heavy atom. The summed E-state index contributed by atoms with van der Waals surface area (Å²) in [7, 11) is 3.28. The second-order valence-electron chi connectivity index (χ2n) is 9.42. The number of methoxy groups -OCH3 is 2. The number of furan rings is 1. The van der Waals surface area contributed by atoms with Gasteiger partial charge in [-0.2, -0.15) is 9.78 Å². The standard InChI is InChI=1S/C30H27BrN4O4/c1-37-26-17-24(34-12-6-3-7-13-34)27(38-2)16-20(26)18-32-35-29(33-23-9-5-4-8-22(23)30(35)36)28-15-19-14-21(31)10-11-25(19)39-28/h4-5,8-11,14-18H,3,6-7,12-13H2,1-2H3. The molecule has 0 unspecified atom stereocenters. The molecule has 0 aliphatic carbocycles. The molecule has 0 atom stereocenters. The number of fused-ring (bicyclic) bond motifs is 2. The third kappa shape index (κ3) is 4.78. The van der Waals surface area contributed by atoms with Crippen molar-refractivity contribution in [2.24, 2.45) is 5.10 Å². The lowest BCUT2D eigenvalue weighted by Crippen LogP contribution is -2.29. The molecule has 198 valence electrons. The largest absolute Gasteiger partial charge is 0.496 e. The van der Waals surface area contributed by atoms with Crippen molar-refractivity contribution < 1.29 is 13.9 Å². The lowest BCUT2D eigenvalue weighted by molar-refractivity contribution is 0.401. The van der Waals surface area contributed by atoms with Crippen LogP contribution in [0.15, 0.2) is 79.4 Å². The maximum atomic E-state index is 13.6. The second kappa shape index (κ2) is 10.6. The van der Waals surface area contributed by atoms with Gasteiger partial charge in [-0.05, 0) is 61.7 Å². The van der Waals surface area contributed by atoms with Crippen LogP contribution in [-0.2, 0) is 0 Å². The number of nitrogens with zero attached hydrogens (tertiary/aromatic N) is 4. The van der Waals surface area contributed by atoms with Crippen molar-refractivity contribution >= 4 is 49.7 Å². The molecule has 0 amide bonds. The van der Waals surface area contributed by atoms with E-state index in [9.17, 15) is 4.79 Å². The average Bonchev–Trinajstić information content (AvgIpc) is 3.39. The van der Waals surface area contributed by atoms with Gasteiger partial charge in [-0.3, -0.25) is 4.79 Å². The van der Waals surface area contributed by atoms with E-state index in [0.717, 1.165) is 47.2 Å². The van der Waals surface area contributed by atoms with Crippen molar-refractivity contribution in [2.45, 2.75) is 19.3 Å². The molecule has 0 radical (unpaired) electrons. The van der Waals surface area contributed by atoms with Gasteiger partial charge >= 0.3 is 0 Å². The summed E-state index contributed by atoms with van der Waals surface area (Å²) in [6.45, 7) is 1.95. The molecule has 0 N–H and O–H groups in total. The predicted octanol–water partition coefficient (Wildman–Crippen LogP) is 6.46. The summed E-state index contributed by atoms with van der Waals surface area (Å²) >= 11 is 3.50. The minimum Gasteiger partial charge on any atom is -0.496 e. The molecule has 1 fully saturated rings. The van der Waals surface area contributed by atoms with Gasteiger partial charge in [0.05, 0.1) is 37.0 Å².